The molecule has 5 rings (SSSR count). The number of carbonyl (C=O) groups is 1. The van der Waals surface area contributed by atoms with Crippen molar-refractivity contribution in [2.45, 2.75) is 0 Å². The van der Waals surface area contributed by atoms with Crippen molar-refractivity contribution < 1.29 is 13.9 Å². The minimum absolute atomic E-state index is 0.205. The van der Waals surface area contributed by atoms with Crippen LogP contribution in [0.1, 0.15) is 5.56 Å². The zero-order valence-corrected chi connectivity index (χ0v) is 22.3. The summed E-state index contributed by atoms with van der Waals surface area (Å²) in [7, 11) is 0. The molecule has 8 nitrogen and oxygen atoms in total. The SMILES string of the molecule is O=C(COc1ccc(Br)cc1-c1ccnn1-c1ccccc1)N/N=C\c1coc2ccc(Br)cc2c1=O. The van der Waals surface area contributed by atoms with Crippen LogP contribution in [-0.2, 0) is 4.79 Å². The summed E-state index contributed by atoms with van der Waals surface area (Å²) in [6.07, 6.45) is 4.25. The zero-order chi connectivity index (χ0) is 25.8. The van der Waals surface area contributed by atoms with Gasteiger partial charge in [0.1, 0.15) is 17.6 Å². The smallest absolute Gasteiger partial charge is 0.277 e. The van der Waals surface area contributed by atoms with E-state index in [1.165, 1.54) is 12.5 Å². The third kappa shape index (κ3) is 5.55. The average molecular weight is 622 g/mol. The fourth-order valence-corrected chi connectivity index (χ4v) is 4.39. The van der Waals surface area contributed by atoms with Gasteiger partial charge in [0.25, 0.3) is 5.91 Å². The molecule has 3 aromatic carbocycles. The number of halogens is 2. The molecule has 0 bridgehead atoms. The van der Waals surface area contributed by atoms with E-state index >= 15 is 0 Å². The first-order valence-corrected chi connectivity index (χ1v) is 12.6. The van der Waals surface area contributed by atoms with E-state index in [0.29, 0.717) is 16.7 Å². The summed E-state index contributed by atoms with van der Waals surface area (Å²) in [6, 6.07) is 22.2. The quantitative estimate of drug-likeness (QED) is 0.186. The molecular formula is C27H18Br2N4O4. The topological polar surface area (TPSA) is 98.7 Å². The van der Waals surface area contributed by atoms with E-state index in [9.17, 15) is 9.59 Å². The van der Waals surface area contributed by atoms with E-state index in [-0.39, 0.29) is 17.6 Å². The molecule has 0 aliphatic carbocycles. The van der Waals surface area contributed by atoms with Crippen LogP contribution in [0.5, 0.6) is 5.75 Å². The largest absolute Gasteiger partial charge is 0.483 e. The lowest BCUT2D eigenvalue weighted by Crippen LogP contribution is -2.25. The second-order valence-electron chi connectivity index (χ2n) is 7.85. The fourth-order valence-electron chi connectivity index (χ4n) is 3.67. The van der Waals surface area contributed by atoms with Crippen molar-refractivity contribution >= 4 is 55.0 Å². The Bertz CT molecular complexity index is 1680. The summed E-state index contributed by atoms with van der Waals surface area (Å²) in [6.45, 7) is -0.287. The molecule has 1 N–H and O–H groups in total. The number of rotatable bonds is 7. The summed E-state index contributed by atoms with van der Waals surface area (Å²) >= 11 is 6.85. The lowest BCUT2D eigenvalue weighted by Gasteiger charge is -2.13. The van der Waals surface area contributed by atoms with Gasteiger partial charge in [0.15, 0.2) is 6.61 Å². The number of carbonyl (C=O) groups excluding carboxylic acids is 1. The molecule has 0 saturated heterocycles. The molecule has 0 radical (unpaired) electrons. The van der Waals surface area contributed by atoms with Crippen LogP contribution in [0.4, 0.5) is 0 Å². The molecule has 0 aliphatic rings. The van der Waals surface area contributed by atoms with Crippen molar-refractivity contribution in [3.63, 3.8) is 0 Å². The zero-order valence-electron chi connectivity index (χ0n) is 19.1. The first kappa shape index (κ1) is 24.7. The van der Waals surface area contributed by atoms with Crippen molar-refractivity contribution in [1.29, 1.82) is 0 Å². The molecule has 1 amide bonds. The summed E-state index contributed by atoms with van der Waals surface area (Å²) < 4.78 is 14.7. The van der Waals surface area contributed by atoms with Crippen molar-refractivity contribution in [2.75, 3.05) is 6.61 Å². The van der Waals surface area contributed by atoms with Crippen molar-refractivity contribution in [3.05, 3.63) is 110 Å². The number of nitrogens with one attached hydrogen (secondary N) is 1. The number of aromatic nitrogens is 2. The highest BCUT2D eigenvalue weighted by Gasteiger charge is 2.15. The number of fused-ring (bicyclic) bond motifs is 1. The normalized spacial score (nSPS) is 11.2. The van der Waals surface area contributed by atoms with Gasteiger partial charge < -0.3 is 9.15 Å². The molecule has 2 aromatic heterocycles. The van der Waals surface area contributed by atoms with E-state index in [2.05, 4.69) is 47.5 Å². The van der Waals surface area contributed by atoms with Crippen LogP contribution in [0, 0.1) is 0 Å². The van der Waals surface area contributed by atoms with Crippen LogP contribution in [0.3, 0.4) is 0 Å². The lowest BCUT2D eigenvalue weighted by molar-refractivity contribution is -0.123. The Hall–Kier alpha value is -4.02. The van der Waals surface area contributed by atoms with Gasteiger partial charge in [-0.15, -0.1) is 0 Å². The number of amides is 1. The predicted octanol–water partition coefficient (Wildman–Crippen LogP) is 5.70. The highest BCUT2D eigenvalue weighted by molar-refractivity contribution is 9.10. The maximum absolute atomic E-state index is 12.7. The van der Waals surface area contributed by atoms with Crippen LogP contribution in [0.25, 0.3) is 27.9 Å². The summed E-state index contributed by atoms with van der Waals surface area (Å²) in [5.41, 5.74) is 5.24. The van der Waals surface area contributed by atoms with E-state index in [0.717, 1.165) is 25.9 Å². The monoisotopic (exact) mass is 620 g/mol. The second kappa shape index (κ2) is 10.9. The van der Waals surface area contributed by atoms with Crippen molar-refractivity contribution in [1.82, 2.24) is 15.2 Å². The van der Waals surface area contributed by atoms with Gasteiger partial charge in [-0.1, -0.05) is 50.1 Å². The van der Waals surface area contributed by atoms with E-state index in [1.54, 1.807) is 35.1 Å². The number of ether oxygens (including phenoxy) is 1. The average Bonchev–Trinajstić information content (AvgIpc) is 3.40. The molecule has 37 heavy (non-hydrogen) atoms. The number of hydrazone groups is 1. The minimum atomic E-state index is -0.491. The van der Waals surface area contributed by atoms with E-state index in [4.69, 9.17) is 9.15 Å². The molecular weight excluding hydrogens is 604 g/mol. The maximum atomic E-state index is 12.7. The molecule has 0 aliphatic heterocycles. The molecule has 5 aromatic rings. The third-order valence-corrected chi connectivity index (χ3v) is 6.36. The fraction of sp³-hybridized carbons (Fsp3) is 0.0370. The Labute approximate surface area is 227 Å². The van der Waals surface area contributed by atoms with Crippen LogP contribution in [0.15, 0.2) is 109 Å². The van der Waals surface area contributed by atoms with Crippen LogP contribution in [-0.4, -0.2) is 28.5 Å². The van der Waals surface area contributed by atoms with Gasteiger partial charge >= 0.3 is 0 Å². The highest BCUT2D eigenvalue weighted by atomic mass is 79.9. The standard InChI is InChI=1S/C27H18Br2N4O4/c28-18-6-8-24(21(12-18)23-10-11-31-33(23)20-4-2-1-3-5-20)37-16-26(34)32-30-14-17-15-36-25-9-7-19(29)13-22(25)27(17)35/h1-15H,16H2,(H,32,34)/b30-14-. The Morgan fingerprint density at radius 1 is 1.05 bits per heavy atom. The Kier molecular flexibility index (Phi) is 7.29. The molecule has 0 spiro atoms. The Morgan fingerprint density at radius 3 is 2.68 bits per heavy atom. The van der Waals surface area contributed by atoms with Gasteiger partial charge in [-0.3, -0.25) is 9.59 Å². The lowest BCUT2D eigenvalue weighted by atomic mass is 10.1. The summed E-state index contributed by atoms with van der Waals surface area (Å²) in [4.78, 5) is 25.1. The minimum Gasteiger partial charge on any atom is -0.483 e. The van der Waals surface area contributed by atoms with Crippen molar-refractivity contribution in [3.8, 4) is 22.7 Å². The molecule has 0 atom stereocenters. The molecule has 0 saturated carbocycles. The maximum Gasteiger partial charge on any atom is 0.277 e. The number of hydrogen-bond donors (Lipinski definition) is 1. The Balaban J connectivity index is 1.30. The van der Waals surface area contributed by atoms with Gasteiger partial charge in [0.05, 0.1) is 34.7 Å². The van der Waals surface area contributed by atoms with E-state index in [1.807, 2.05) is 48.5 Å². The van der Waals surface area contributed by atoms with Gasteiger partial charge in [-0.2, -0.15) is 10.2 Å². The predicted molar refractivity (Wildman–Crippen MR) is 148 cm³/mol. The van der Waals surface area contributed by atoms with E-state index < -0.39 is 5.91 Å². The van der Waals surface area contributed by atoms with Crippen LogP contribution >= 0.6 is 31.9 Å². The number of nitrogens with zero attached hydrogens (tertiary/aromatic N) is 3. The molecule has 184 valence electrons. The second-order valence-corrected chi connectivity index (χ2v) is 9.68. The van der Waals surface area contributed by atoms with Gasteiger partial charge in [-0.25, -0.2) is 10.1 Å². The summed E-state index contributed by atoms with van der Waals surface area (Å²) in [5.74, 6) is 0.00960. The van der Waals surface area contributed by atoms with Gasteiger partial charge in [0, 0.05) is 14.5 Å². The molecule has 2 heterocycles. The molecule has 10 heteroatoms. The first-order valence-electron chi connectivity index (χ1n) is 11.0. The Morgan fingerprint density at radius 2 is 1.84 bits per heavy atom. The molecule has 0 fully saturated rings. The van der Waals surface area contributed by atoms with Crippen LogP contribution < -0.4 is 15.6 Å². The number of hydrogen-bond acceptors (Lipinski definition) is 6. The van der Waals surface area contributed by atoms with Crippen LogP contribution in [0.2, 0.25) is 0 Å². The van der Waals surface area contributed by atoms with Gasteiger partial charge in [0.2, 0.25) is 5.43 Å². The number of benzene rings is 3. The first-order chi connectivity index (χ1) is 18.0. The molecule has 0 unspecified atom stereocenters. The summed E-state index contributed by atoms with van der Waals surface area (Å²) in [5, 5.41) is 8.73. The third-order valence-electron chi connectivity index (χ3n) is 5.37. The highest BCUT2D eigenvalue weighted by Crippen LogP contribution is 2.34. The number of para-hydroxylation sites is 1. The van der Waals surface area contributed by atoms with Crippen molar-refractivity contribution in [2.24, 2.45) is 5.10 Å². The van der Waals surface area contributed by atoms with Gasteiger partial charge in [-0.05, 0) is 54.6 Å².